The molecule has 15 heterocycles. The third kappa shape index (κ3) is 13.0. The Morgan fingerprint density at radius 1 is 0.495 bits per heavy atom. The van der Waals surface area contributed by atoms with Crippen LogP contribution in [-0.4, -0.2) is 175 Å². The van der Waals surface area contributed by atoms with Crippen molar-refractivity contribution in [1.82, 2.24) is 69.0 Å². The Hall–Kier alpha value is -12.0. The predicted octanol–water partition coefficient (Wildman–Crippen LogP) is 9.15. The quantitative estimate of drug-likeness (QED) is 0.0525. The number of benzene rings is 3. The number of fused-ring (bicyclic) bond motifs is 6. The van der Waals surface area contributed by atoms with Gasteiger partial charge in [-0.25, -0.2) is 34.3 Å². The Balaban J connectivity index is 0.000000116. The van der Waals surface area contributed by atoms with Crippen LogP contribution in [0.4, 0.5) is 56.0 Å². The summed E-state index contributed by atoms with van der Waals surface area (Å²) in [7, 11) is 3.37. The molecule has 1 saturated carbocycles. The van der Waals surface area contributed by atoms with Gasteiger partial charge in [0.05, 0.1) is 175 Å². The van der Waals surface area contributed by atoms with Gasteiger partial charge in [-0.2, -0.15) is 0 Å². The van der Waals surface area contributed by atoms with Crippen LogP contribution >= 0.6 is 0 Å². The molecule has 105 heavy (non-hydrogen) atoms. The van der Waals surface area contributed by atoms with E-state index in [2.05, 4.69) is 92.5 Å². The highest BCUT2D eigenvalue weighted by molar-refractivity contribution is 6.08. The first-order valence-electron chi connectivity index (χ1n) is 34.8. The largest absolute Gasteiger partial charge is 0.382 e. The normalized spacial score (nSPS) is 17.7. The van der Waals surface area contributed by atoms with Gasteiger partial charge in [0.2, 0.25) is 0 Å². The molecule has 12 aromatic rings. The van der Waals surface area contributed by atoms with E-state index in [1.54, 1.807) is 51.4 Å². The molecule has 3 amide bonds. The predicted molar refractivity (Wildman–Crippen MR) is 391 cm³/mol. The second-order valence-corrected chi connectivity index (χ2v) is 26.5. The Morgan fingerprint density at radius 3 is 1.36 bits per heavy atom. The number of carbonyl (C=O) groups is 3. The average molecular weight is 1410 g/mol. The monoisotopic (exact) mass is 1410 g/mol. The summed E-state index contributed by atoms with van der Waals surface area (Å²) in [6.45, 7) is 9.32. The lowest BCUT2D eigenvalue weighted by Crippen LogP contribution is -2.47. The Labute approximate surface area is 601 Å². The Kier molecular flexibility index (Phi) is 17.9. The molecule has 4 fully saturated rings. The number of morpholine rings is 3. The molecule has 0 bridgehead atoms. The molecule has 29 heteroatoms. The van der Waals surface area contributed by atoms with Crippen molar-refractivity contribution < 1.29 is 42.5 Å². The fourth-order valence-corrected chi connectivity index (χ4v) is 14.8. The molecular weight excluding hydrogens is 1340 g/mol. The number of nitrogens with zero attached hydrogens (tertiary/aromatic N) is 14. The first-order chi connectivity index (χ1) is 51.5. The summed E-state index contributed by atoms with van der Waals surface area (Å²) in [5.74, 6) is 1.34. The average Bonchev–Trinajstić information content (AvgIpc) is 1.48. The molecule has 7 aliphatic rings. The summed E-state index contributed by atoms with van der Waals surface area (Å²) in [6.07, 6.45) is 25.6. The number of aromatic nitrogens is 11. The maximum atomic E-state index is 13.6. The standard InChI is InChI=1S/C26H23FN6O2.2C25H25N7O3/c27-16-5-8-32-21(14-29-23(32)11-16)18-2-3-20(24-19(18)13-30-25(24)34)31-22-4-1-17(12-28-22)33-9-10-35-15-26(33)6-7-26;2*1-34-15-17-14-31(8-9-35-17)16-2-5-22(27-10-16)30-20-4-3-18(19-11-29-25(33)24(19)20)21-12-28-23-13-26-6-7-32(21)23/h1-5,8,11-12,14H,6-7,9-10,13,15H2,(H,28,31)(H,30,34);2*2-7,10,12-13,17H,8-9,11,14-15H2,1H3,(H,27,30)(H,29,33)/t;2*17-/m.10/s1. The van der Waals surface area contributed by atoms with Crippen LogP contribution in [-0.2, 0) is 43.3 Å². The van der Waals surface area contributed by atoms with E-state index in [4.69, 9.17) is 23.7 Å². The van der Waals surface area contributed by atoms with Gasteiger partial charge in [0, 0.05) is 120 Å². The maximum absolute atomic E-state index is 13.6. The lowest BCUT2D eigenvalue weighted by molar-refractivity contribution is -0.0101. The smallest absolute Gasteiger partial charge is 0.254 e. The number of imidazole rings is 3. The molecule has 3 saturated heterocycles. The van der Waals surface area contributed by atoms with Crippen molar-refractivity contribution in [1.29, 1.82) is 0 Å². The number of ether oxygens (including phenoxy) is 5. The van der Waals surface area contributed by atoms with Crippen LogP contribution in [0.3, 0.4) is 0 Å². The van der Waals surface area contributed by atoms with E-state index in [1.165, 1.54) is 12.1 Å². The van der Waals surface area contributed by atoms with Gasteiger partial charge in [-0.3, -0.25) is 37.6 Å². The number of pyridine rings is 4. The number of hydrogen-bond acceptors (Lipinski definition) is 22. The summed E-state index contributed by atoms with van der Waals surface area (Å²) in [5, 5.41) is 18.9. The van der Waals surface area contributed by atoms with Gasteiger partial charge < -0.3 is 70.3 Å². The molecule has 6 N–H and O–H groups in total. The number of hydrogen-bond donors (Lipinski definition) is 6. The van der Waals surface area contributed by atoms with E-state index in [9.17, 15) is 18.8 Å². The van der Waals surface area contributed by atoms with Crippen LogP contribution in [0.25, 0.3) is 50.7 Å². The van der Waals surface area contributed by atoms with Crippen molar-refractivity contribution in [2.45, 2.75) is 50.2 Å². The van der Waals surface area contributed by atoms with Crippen LogP contribution in [0.2, 0.25) is 0 Å². The highest BCUT2D eigenvalue weighted by atomic mass is 19.1. The van der Waals surface area contributed by atoms with Crippen LogP contribution in [0.15, 0.2) is 165 Å². The third-order valence-corrected chi connectivity index (χ3v) is 20.1. The van der Waals surface area contributed by atoms with E-state index >= 15 is 0 Å². The van der Waals surface area contributed by atoms with Gasteiger partial charge in [-0.05, 0) is 90.2 Å². The summed E-state index contributed by atoms with van der Waals surface area (Å²) in [6, 6.07) is 26.5. The molecule has 1 spiro atoms. The SMILES string of the molecule is COC[C@@H]1CN(c2ccc(Nc3ccc(-c4cnc5cnccn45)c4c3C(=O)NC4)nc2)CCO1.COC[C@H]1CN(c2ccc(Nc3ccc(-c4cnc5cnccn45)c4c3C(=O)NC4)nc2)CCO1.O=C1NCc2c(-c3cnc4cc(F)ccn34)ccc(Nc3ccc(N4CCOCC45CC5)cn3)c21. The van der Waals surface area contributed by atoms with Crippen molar-refractivity contribution in [2.24, 2.45) is 0 Å². The highest BCUT2D eigenvalue weighted by Crippen LogP contribution is 2.46. The van der Waals surface area contributed by atoms with E-state index in [-0.39, 0.29) is 41.3 Å². The third-order valence-electron chi connectivity index (χ3n) is 20.1. The lowest BCUT2D eigenvalue weighted by atomic mass is 9.99. The molecule has 532 valence electrons. The van der Waals surface area contributed by atoms with Crippen LogP contribution in [0, 0.1) is 5.82 Å². The minimum absolute atomic E-state index is 0.0512. The fraction of sp³-hybridized carbons (Fsp3) is 0.276. The minimum Gasteiger partial charge on any atom is -0.382 e. The number of rotatable bonds is 16. The number of nitrogens with one attached hydrogen (secondary N) is 6. The van der Waals surface area contributed by atoms with E-state index in [0.29, 0.717) is 91.5 Å². The summed E-state index contributed by atoms with van der Waals surface area (Å²) >= 11 is 0. The molecule has 19 rings (SSSR count). The minimum atomic E-state index is -0.337. The molecule has 28 nitrogen and oxygen atoms in total. The lowest BCUT2D eigenvalue weighted by Gasteiger charge is -2.37. The van der Waals surface area contributed by atoms with E-state index in [1.807, 2.05) is 123 Å². The second kappa shape index (κ2) is 28.3. The molecule has 9 aromatic heterocycles. The Morgan fingerprint density at radius 2 is 0.933 bits per heavy atom. The maximum Gasteiger partial charge on any atom is 0.254 e. The van der Waals surface area contributed by atoms with Crippen molar-refractivity contribution in [3.05, 3.63) is 205 Å². The summed E-state index contributed by atoms with van der Waals surface area (Å²) < 4.78 is 47.0. The van der Waals surface area contributed by atoms with Crippen LogP contribution in [0.1, 0.15) is 60.6 Å². The van der Waals surface area contributed by atoms with E-state index in [0.717, 1.165) is 149 Å². The molecule has 3 aromatic carbocycles. The summed E-state index contributed by atoms with van der Waals surface area (Å²) in [5.41, 5.74) is 17.5. The van der Waals surface area contributed by atoms with E-state index < -0.39 is 0 Å². The molecule has 6 aliphatic heterocycles. The van der Waals surface area contributed by atoms with Gasteiger partial charge in [0.1, 0.15) is 28.9 Å². The second-order valence-electron chi connectivity index (χ2n) is 26.5. The molecular formula is C76H73FN20O8. The van der Waals surface area contributed by atoms with Crippen LogP contribution < -0.4 is 46.6 Å². The zero-order valence-electron chi connectivity index (χ0n) is 57.5. The van der Waals surface area contributed by atoms with Gasteiger partial charge in [-0.15, -0.1) is 0 Å². The number of methoxy groups -OCH3 is 2. The van der Waals surface area contributed by atoms with Crippen molar-refractivity contribution in [3.8, 4) is 33.8 Å². The number of amides is 3. The zero-order chi connectivity index (χ0) is 71.1. The fourth-order valence-electron chi connectivity index (χ4n) is 14.8. The van der Waals surface area contributed by atoms with Gasteiger partial charge in [0.25, 0.3) is 17.7 Å². The zero-order valence-corrected chi connectivity index (χ0v) is 57.5. The molecule has 0 unspecified atom stereocenters. The van der Waals surface area contributed by atoms with Crippen molar-refractivity contribution in [3.63, 3.8) is 0 Å². The first-order valence-corrected chi connectivity index (χ1v) is 34.8. The number of carbonyl (C=O) groups excluding carboxylic acids is 3. The van der Waals surface area contributed by atoms with Gasteiger partial charge >= 0.3 is 0 Å². The molecule has 2 atom stereocenters. The molecule has 1 aliphatic carbocycles. The summed E-state index contributed by atoms with van der Waals surface area (Å²) in [4.78, 5) is 80.6. The number of halogens is 1. The van der Waals surface area contributed by atoms with Crippen LogP contribution in [0.5, 0.6) is 0 Å². The Bertz CT molecular complexity index is 5070. The van der Waals surface area contributed by atoms with Gasteiger partial charge in [0.15, 0.2) is 11.3 Å². The first kappa shape index (κ1) is 66.2. The highest BCUT2D eigenvalue weighted by Gasteiger charge is 2.50. The van der Waals surface area contributed by atoms with Gasteiger partial charge in [-0.1, -0.05) is 18.2 Å². The number of anilines is 9. The topological polar surface area (TPSA) is 296 Å². The van der Waals surface area contributed by atoms with Crippen molar-refractivity contribution >= 4 is 86.2 Å². The van der Waals surface area contributed by atoms with Crippen molar-refractivity contribution in [2.75, 3.05) is 117 Å². The molecule has 0 radical (unpaired) electrons.